The van der Waals surface area contributed by atoms with Crippen LogP contribution < -0.4 is 5.73 Å². The zero-order valence-electron chi connectivity index (χ0n) is 7.29. The molecule has 68 valence electrons. The molecule has 1 aliphatic rings. The first-order chi connectivity index (χ1) is 6.40. The van der Waals surface area contributed by atoms with Gasteiger partial charge in [0.05, 0.1) is 11.9 Å². The largest absolute Gasteiger partial charge is 0.325 e. The molecule has 1 aliphatic carbocycles. The summed E-state index contributed by atoms with van der Waals surface area (Å²) in [5.74, 6) is 0. The van der Waals surface area contributed by atoms with Gasteiger partial charge in [-0.3, -0.25) is 4.40 Å². The van der Waals surface area contributed by atoms with E-state index >= 15 is 0 Å². The van der Waals surface area contributed by atoms with Crippen LogP contribution in [0.2, 0.25) is 0 Å². The van der Waals surface area contributed by atoms with Crippen LogP contribution in [0.4, 0.5) is 0 Å². The minimum Gasteiger partial charge on any atom is -0.325 e. The molecule has 3 rings (SSSR count). The summed E-state index contributed by atoms with van der Waals surface area (Å²) in [6.07, 6.45) is 5.61. The Balaban J connectivity index is 2.36. The summed E-state index contributed by atoms with van der Waals surface area (Å²) in [6, 6.07) is 0. The van der Waals surface area contributed by atoms with Gasteiger partial charge in [0.15, 0.2) is 4.96 Å². The molecule has 0 aromatic carbocycles. The number of thiazole rings is 1. The number of imidazole rings is 1. The number of rotatable bonds is 1. The van der Waals surface area contributed by atoms with Gasteiger partial charge in [0.25, 0.3) is 0 Å². The normalized spacial score (nSPS) is 15.5. The monoisotopic (exact) mass is 193 g/mol. The van der Waals surface area contributed by atoms with Crippen molar-refractivity contribution in [1.82, 2.24) is 9.38 Å². The van der Waals surface area contributed by atoms with Gasteiger partial charge in [-0.2, -0.15) is 0 Å². The maximum absolute atomic E-state index is 5.66. The Hall–Kier alpha value is -0.870. The zero-order valence-corrected chi connectivity index (χ0v) is 8.10. The van der Waals surface area contributed by atoms with Crippen LogP contribution in [0, 0.1) is 0 Å². The molecule has 2 aromatic rings. The second-order valence-corrected chi connectivity index (χ2v) is 4.46. The minimum absolute atomic E-state index is 0.588. The molecule has 0 atom stereocenters. The van der Waals surface area contributed by atoms with Gasteiger partial charge in [-0.15, -0.1) is 11.3 Å². The lowest BCUT2D eigenvalue weighted by Gasteiger charge is -1.97. The van der Waals surface area contributed by atoms with E-state index in [1.54, 1.807) is 0 Å². The third-order valence-electron chi connectivity index (χ3n) is 2.64. The molecule has 2 aromatic heterocycles. The third kappa shape index (κ3) is 0.899. The van der Waals surface area contributed by atoms with Crippen LogP contribution in [-0.2, 0) is 19.4 Å². The number of fused-ring (bicyclic) bond motifs is 3. The molecule has 0 unspecified atom stereocenters. The summed E-state index contributed by atoms with van der Waals surface area (Å²) < 4.78 is 2.24. The van der Waals surface area contributed by atoms with E-state index in [0.29, 0.717) is 6.54 Å². The molecule has 3 nitrogen and oxygen atoms in total. The minimum atomic E-state index is 0.588. The van der Waals surface area contributed by atoms with E-state index in [2.05, 4.69) is 9.38 Å². The number of nitrogens with two attached hydrogens (primary N) is 1. The molecule has 0 bridgehead atoms. The smallest absolute Gasteiger partial charge is 0.194 e. The van der Waals surface area contributed by atoms with E-state index in [1.165, 1.54) is 29.8 Å². The van der Waals surface area contributed by atoms with Crippen molar-refractivity contribution in [3.63, 3.8) is 0 Å². The highest BCUT2D eigenvalue weighted by Gasteiger charge is 2.19. The summed E-state index contributed by atoms with van der Waals surface area (Å²) in [5.41, 5.74) is 8.26. The van der Waals surface area contributed by atoms with E-state index in [1.807, 2.05) is 17.5 Å². The van der Waals surface area contributed by atoms with Crippen molar-refractivity contribution in [3.8, 4) is 0 Å². The number of hydrogen-bond donors (Lipinski definition) is 1. The van der Waals surface area contributed by atoms with Crippen molar-refractivity contribution in [2.45, 2.75) is 25.8 Å². The van der Waals surface area contributed by atoms with Gasteiger partial charge >= 0.3 is 0 Å². The molecule has 0 radical (unpaired) electrons. The summed E-state index contributed by atoms with van der Waals surface area (Å²) in [6.45, 7) is 0.588. The predicted molar refractivity (Wildman–Crippen MR) is 53.0 cm³/mol. The maximum Gasteiger partial charge on any atom is 0.194 e. The molecule has 0 aliphatic heterocycles. The molecule has 0 saturated heterocycles. The molecule has 13 heavy (non-hydrogen) atoms. The Morgan fingerprint density at radius 1 is 1.54 bits per heavy atom. The first kappa shape index (κ1) is 7.53. The Kier molecular flexibility index (Phi) is 1.48. The molecule has 0 saturated carbocycles. The quantitative estimate of drug-likeness (QED) is 0.742. The van der Waals surface area contributed by atoms with Crippen LogP contribution >= 0.6 is 11.3 Å². The van der Waals surface area contributed by atoms with E-state index in [-0.39, 0.29) is 0 Å². The lowest BCUT2D eigenvalue weighted by Crippen LogP contribution is -2.01. The maximum atomic E-state index is 5.66. The topological polar surface area (TPSA) is 43.3 Å². The average molecular weight is 193 g/mol. The third-order valence-corrected chi connectivity index (χ3v) is 3.79. The van der Waals surface area contributed by atoms with E-state index in [4.69, 9.17) is 5.73 Å². The van der Waals surface area contributed by atoms with Crippen LogP contribution in [0.15, 0.2) is 6.20 Å². The summed E-state index contributed by atoms with van der Waals surface area (Å²) in [5, 5.41) is 0. The van der Waals surface area contributed by atoms with Crippen LogP contribution in [0.25, 0.3) is 4.96 Å². The van der Waals surface area contributed by atoms with Gasteiger partial charge in [0, 0.05) is 17.1 Å². The van der Waals surface area contributed by atoms with Crippen LogP contribution in [0.1, 0.15) is 22.7 Å². The number of hydrogen-bond acceptors (Lipinski definition) is 3. The zero-order chi connectivity index (χ0) is 8.84. The highest BCUT2D eigenvalue weighted by atomic mass is 32.1. The van der Waals surface area contributed by atoms with Gasteiger partial charge < -0.3 is 5.73 Å². The fraction of sp³-hybridized carbons (Fsp3) is 0.444. The number of aromatic nitrogens is 2. The van der Waals surface area contributed by atoms with Gasteiger partial charge in [0.1, 0.15) is 0 Å². The molecule has 0 spiro atoms. The fourth-order valence-electron chi connectivity index (χ4n) is 2.03. The van der Waals surface area contributed by atoms with Crippen molar-refractivity contribution in [3.05, 3.63) is 22.5 Å². The predicted octanol–water partition coefficient (Wildman–Crippen LogP) is 1.34. The van der Waals surface area contributed by atoms with Crippen LogP contribution in [-0.4, -0.2) is 9.38 Å². The molecule has 0 fully saturated rings. The molecular weight excluding hydrogens is 182 g/mol. The highest BCUT2D eigenvalue weighted by Crippen LogP contribution is 2.31. The van der Waals surface area contributed by atoms with E-state index in [9.17, 15) is 0 Å². The Morgan fingerprint density at radius 2 is 2.46 bits per heavy atom. The average Bonchev–Trinajstić information content (AvgIpc) is 2.72. The van der Waals surface area contributed by atoms with Crippen molar-refractivity contribution >= 4 is 16.3 Å². The highest BCUT2D eigenvalue weighted by molar-refractivity contribution is 7.17. The SMILES string of the molecule is NCc1cnc2sc3c(n12)CCC3. The summed E-state index contributed by atoms with van der Waals surface area (Å²) in [7, 11) is 0. The lowest BCUT2D eigenvalue weighted by molar-refractivity contribution is 0.864. The first-order valence-electron chi connectivity index (χ1n) is 4.57. The summed E-state index contributed by atoms with van der Waals surface area (Å²) in [4.78, 5) is 6.98. The van der Waals surface area contributed by atoms with Gasteiger partial charge in [0.2, 0.25) is 0 Å². The van der Waals surface area contributed by atoms with Crippen LogP contribution in [0.5, 0.6) is 0 Å². The molecular formula is C9H11N3S. The van der Waals surface area contributed by atoms with E-state index < -0.39 is 0 Å². The molecule has 2 heterocycles. The molecule has 2 N–H and O–H groups in total. The van der Waals surface area contributed by atoms with Crippen LogP contribution in [0.3, 0.4) is 0 Å². The number of nitrogens with zero attached hydrogens (tertiary/aromatic N) is 2. The number of aryl methyl sites for hydroxylation is 2. The second kappa shape index (κ2) is 2.56. The fourth-order valence-corrected chi connectivity index (χ4v) is 3.23. The Morgan fingerprint density at radius 3 is 3.31 bits per heavy atom. The van der Waals surface area contributed by atoms with Gasteiger partial charge in [-0.25, -0.2) is 4.98 Å². The van der Waals surface area contributed by atoms with Crippen molar-refractivity contribution < 1.29 is 0 Å². The van der Waals surface area contributed by atoms with E-state index in [0.717, 1.165) is 10.7 Å². The second-order valence-electron chi connectivity index (χ2n) is 3.40. The molecule has 0 amide bonds. The standard InChI is InChI=1S/C9H11N3S/c10-4-6-5-11-9-12(6)7-2-1-3-8(7)13-9/h5H,1-4,10H2. The van der Waals surface area contributed by atoms with Gasteiger partial charge in [-0.1, -0.05) is 0 Å². The molecule has 4 heteroatoms. The van der Waals surface area contributed by atoms with Crippen molar-refractivity contribution in [1.29, 1.82) is 0 Å². The lowest BCUT2D eigenvalue weighted by atomic mass is 10.3. The van der Waals surface area contributed by atoms with Gasteiger partial charge in [-0.05, 0) is 19.3 Å². The Bertz CT molecular complexity index is 455. The summed E-state index contributed by atoms with van der Waals surface area (Å²) >= 11 is 1.82. The van der Waals surface area contributed by atoms with Crippen molar-refractivity contribution in [2.75, 3.05) is 0 Å². The van der Waals surface area contributed by atoms with Crippen molar-refractivity contribution in [2.24, 2.45) is 5.73 Å². The first-order valence-corrected chi connectivity index (χ1v) is 5.38. The Labute approximate surface area is 80.2 Å².